The average Bonchev–Trinajstić information content (AvgIpc) is 3.04. The van der Waals surface area contributed by atoms with Gasteiger partial charge < -0.3 is 10.1 Å². The monoisotopic (exact) mass is 361 g/mol. The van der Waals surface area contributed by atoms with Gasteiger partial charge in [-0.1, -0.05) is 11.6 Å². The van der Waals surface area contributed by atoms with Crippen molar-refractivity contribution in [3.05, 3.63) is 34.2 Å². The Balaban J connectivity index is 2.20. The van der Waals surface area contributed by atoms with Crippen molar-refractivity contribution in [3.8, 4) is 16.3 Å². The molecule has 0 saturated heterocycles. The molecule has 24 heavy (non-hydrogen) atoms. The van der Waals surface area contributed by atoms with E-state index in [2.05, 4.69) is 10.3 Å². The number of carbonyl (C=O) groups is 1. The van der Waals surface area contributed by atoms with Gasteiger partial charge >= 0.3 is 0 Å². The second-order valence-corrected chi connectivity index (χ2v) is 6.64. The number of benzene rings is 1. The molecular weight excluding hydrogens is 346 g/mol. The molecule has 0 bridgehead atoms. The number of hydrogen-bond donors (Lipinski definition) is 1. The Labute approximate surface area is 148 Å². The van der Waals surface area contributed by atoms with Crippen LogP contribution in [-0.4, -0.2) is 29.4 Å². The highest BCUT2D eigenvalue weighted by molar-refractivity contribution is 7.17. The van der Waals surface area contributed by atoms with Crippen molar-refractivity contribution in [1.82, 2.24) is 9.97 Å². The fraction of sp³-hybridized carbons (Fsp3) is 0.235. The molecule has 0 aliphatic carbocycles. The summed E-state index contributed by atoms with van der Waals surface area (Å²) in [5.41, 5.74) is 2.08. The van der Waals surface area contributed by atoms with Crippen LogP contribution in [0.1, 0.15) is 23.5 Å². The van der Waals surface area contributed by atoms with Crippen LogP contribution in [-0.2, 0) is 0 Å². The van der Waals surface area contributed by atoms with E-state index in [0.29, 0.717) is 44.7 Å². The number of halogens is 1. The molecule has 5 nitrogen and oxygen atoms in total. The van der Waals surface area contributed by atoms with E-state index in [4.69, 9.17) is 21.3 Å². The molecule has 1 N–H and O–H groups in total. The Hall–Kier alpha value is -2.18. The highest BCUT2D eigenvalue weighted by Crippen LogP contribution is 2.35. The third kappa shape index (κ3) is 3.07. The van der Waals surface area contributed by atoms with E-state index in [9.17, 15) is 4.79 Å². The predicted octanol–water partition coefficient (Wildman–Crippen LogP) is 4.65. The smallest absolute Gasteiger partial charge is 0.169 e. The van der Waals surface area contributed by atoms with Crippen molar-refractivity contribution >= 4 is 45.6 Å². The van der Waals surface area contributed by atoms with Gasteiger partial charge in [0.15, 0.2) is 11.6 Å². The molecule has 2 aromatic heterocycles. The summed E-state index contributed by atoms with van der Waals surface area (Å²) in [6.07, 6.45) is 0. The van der Waals surface area contributed by atoms with Gasteiger partial charge in [0.1, 0.15) is 11.4 Å². The summed E-state index contributed by atoms with van der Waals surface area (Å²) in [5.74, 6) is 1.27. The van der Waals surface area contributed by atoms with Crippen LogP contribution >= 0.6 is 22.9 Å². The number of aromatic nitrogens is 2. The van der Waals surface area contributed by atoms with E-state index in [0.717, 1.165) is 4.88 Å². The van der Waals surface area contributed by atoms with E-state index in [1.54, 1.807) is 26.2 Å². The van der Waals surface area contributed by atoms with Crippen LogP contribution in [0.4, 0.5) is 5.82 Å². The maximum Gasteiger partial charge on any atom is 0.169 e. The number of ketones is 1. The maximum absolute atomic E-state index is 11.6. The predicted molar refractivity (Wildman–Crippen MR) is 98.6 cm³/mol. The molecule has 0 spiro atoms. The number of rotatable bonds is 5. The van der Waals surface area contributed by atoms with Crippen LogP contribution in [0.15, 0.2) is 24.3 Å². The van der Waals surface area contributed by atoms with Gasteiger partial charge in [-0.05, 0) is 32.0 Å². The minimum Gasteiger partial charge on any atom is -0.495 e. The van der Waals surface area contributed by atoms with Crippen molar-refractivity contribution in [2.45, 2.75) is 13.8 Å². The fourth-order valence-corrected chi connectivity index (χ4v) is 3.46. The lowest BCUT2D eigenvalue weighted by atomic mass is 10.2. The second kappa shape index (κ2) is 6.75. The van der Waals surface area contributed by atoms with E-state index >= 15 is 0 Å². The molecule has 0 aliphatic rings. The lowest BCUT2D eigenvalue weighted by Gasteiger charge is -2.11. The van der Waals surface area contributed by atoms with Crippen LogP contribution in [0.2, 0.25) is 5.02 Å². The van der Waals surface area contributed by atoms with Gasteiger partial charge in [0.2, 0.25) is 0 Å². The van der Waals surface area contributed by atoms with Crippen LogP contribution in [0.5, 0.6) is 5.75 Å². The Morgan fingerprint density at radius 2 is 2.04 bits per heavy atom. The number of Topliss-reactive ketones (excluding diaryl/α,β-unsaturated/α-hetero) is 1. The quantitative estimate of drug-likeness (QED) is 0.670. The highest BCUT2D eigenvalue weighted by atomic mass is 35.5. The second-order valence-electron chi connectivity index (χ2n) is 5.15. The Morgan fingerprint density at radius 1 is 1.29 bits per heavy atom. The minimum atomic E-state index is 0.0396. The van der Waals surface area contributed by atoms with Crippen molar-refractivity contribution in [2.75, 3.05) is 19.0 Å². The van der Waals surface area contributed by atoms with Crippen molar-refractivity contribution in [1.29, 1.82) is 0 Å². The normalized spacial score (nSPS) is 10.8. The first kappa shape index (κ1) is 16.7. The molecular formula is C17H16ClN3O2S. The lowest BCUT2D eigenvalue weighted by molar-refractivity contribution is 0.102. The van der Waals surface area contributed by atoms with E-state index in [1.807, 2.05) is 19.1 Å². The highest BCUT2D eigenvalue weighted by Gasteiger charge is 2.15. The lowest BCUT2D eigenvalue weighted by Crippen LogP contribution is -2.03. The van der Waals surface area contributed by atoms with Crippen LogP contribution in [0.25, 0.3) is 21.6 Å². The number of nitrogens with zero attached hydrogens (tertiary/aromatic N) is 2. The van der Waals surface area contributed by atoms with Gasteiger partial charge in [-0.15, -0.1) is 11.3 Å². The number of carbonyl (C=O) groups excluding carboxylic acids is 1. The van der Waals surface area contributed by atoms with Gasteiger partial charge in [-0.2, -0.15) is 0 Å². The number of nitrogens with one attached hydrogen (secondary N) is 1. The number of anilines is 1. The Bertz CT molecular complexity index is 924. The zero-order chi connectivity index (χ0) is 17.3. The first-order chi connectivity index (χ1) is 11.5. The summed E-state index contributed by atoms with van der Waals surface area (Å²) in [5, 5.41) is 3.72. The molecule has 0 atom stereocenters. The molecule has 0 saturated carbocycles. The number of thiophene rings is 1. The summed E-state index contributed by atoms with van der Waals surface area (Å²) >= 11 is 7.60. The molecule has 7 heteroatoms. The van der Waals surface area contributed by atoms with Crippen molar-refractivity contribution in [3.63, 3.8) is 0 Å². The third-order valence-corrected chi connectivity index (χ3v) is 4.96. The summed E-state index contributed by atoms with van der Waals surface area (Å²) in [6, 6.07) is 7.21. The summed E-state index contributed by atoms with van der Waals surface area (Å²) in [6.45, 7) is 4.26. The first-order valence-electron chi connectivity index (χ1n) is 7.43. The fourth-order valence-electron chi connectivity index (χ4n) is 2.33. The Kier molecular flexibility index (Phi) is 4.69. The SMILES string of the molecule is CCNc1nc2cc(OC)c(Cl)cc2nc1-c1ccc(C(C)=O)s1. The molecule has 0 radical (unpaired) electrons. The Morgan fingerprint density at radius 3 is 2.67 bits per heavy atom. The third-order valence-electron chi connectivity index (χ3n) is 3.47. The van der Waals surface area contributed by atoms with Gasteiger partial charge in [-0.25, -0.2) is 9.97 Å². The van der Waals surface area contributed by atoms with Crippen molar-refractivity contribution < 1.29 is 9.53 Å². The number of ether oxygens (including phenoxy) is 1. The van der Waals surface area contributed by atoms with Gasteiger partial charge in [0.05, 0.1) is 32.9 Å². The molecule has 2 heterocycles. The van der Waals surface area contributed by atoms with Crippen molar-refractivity contribution in [2.24, 2.45) is 0 Å². The summed E-state index contributed by atoms with van der Waals surface area (Å²) in [4.78, 5) is 22.5. The largest absolute Gasteiger partial charge is 0.495 e. The van der Waals surface area contributed by atoms with Crippen LogP contribution in [0.3, 0.4) is 0 Å². The van der Waals surface area contributed by atoms with E-state index < -0.39 is 0 Å². The van der Waals surface area contributed by atoms with Gasteiger partial charge in [-0.3, -0.25) is 4.79 Å². The van der Waals surface area contributed by atoms with Crippen LogP contribution < -0.4 is 10.1 Å². The molecule has 1 aromatic carbocycles. The molecule has 3 rings (SSSR count). The number of hydrogen-bond acceptors (Lipinski definition) is 6. The summed E-state index contributed by atoms with van der Waals surface area (Å²) < 4.78 is 5.24. The maximum atomic E-state index is 11.6. The molecule has 124 valence electrons. The summed E-state index contributed by atoms with van der Waals surface area (Å²) in [7, 11) is 1.56. The number of fused-ring (bicyclic) bond motifs is 1. The molecule has 0 unspecified atom stereocenters. The van der Waals surface area contributed by atoms with E-state index in [-0.39, 0.29) is 5.78 Å². The average molecular weight is 362 g/mol. The molecule has 0 aliphatic heterocycles. The number of methoxy groups -OCH3 is 1. The minimum absolute atomic E-state index is 0.0396. The zero-order valence-corrected chi connectivity index (χ0v) is 15.1. The van der Waals surface area contributed by atoms with Gasteiger partial charge in [0.25, 0.3) is 0 Å². The van der Waals surface area contributed by atoms with Gasteiger partial charge in [0, 0.05) is 12.6 Å². The van der Waals surface area contributed by atoms with E-state index in [1.165, 1.54) is 11.3 Å². The van der Waals surface area contributed by atoms with Crippen LogP contribution in [0, 0.1) is 0 Å². The molecule has 3 aromatic rings. The first-order valence-corrected chi connectivity index (χ1v) is 8.63. The zero-order valence-electron chi connectivity index (χ0n) is 13.5. The molecule has 0 fully saturated rings. The standard InChI is InChI=1S/C17H16ClN3O2S/c1-4-19-17-16(15-6-5-14(24-15)9(2)22)20-11-7-10(18)13(23-3)8-12(11)21-17/h5-8H,4H2,1-3H3,(H,19,21). The topological polar surface area (TPSA) is 64.1 Å². The molecule has 0 amide bonds.